The van der Waals surface area contributed by atoms with Gasteiger partial charge >= 0.3 is 0 Å². The molecule has 4 rings (SSSR count). The highest BCUT2D eigenvalue weighted by Crippen LogP contribution is 2.42. The van der Waals surface area contributed by atoms with Crippen molar-refractivity contribution in [1.29, 1.82) is 0 Å². The van der Waals surface area contributed by atoms with E-state index >= 15 is 0 Å². The summed E-state index contributed by atoms with van der Waals surface area (Å²) in [6, 6.07) is 0. The molecule has 3 nitrogen and oxygen atoms in total. The van der Waals surface area contributed by atoms with Gasteiger partial charge in [-0.25, -0.2) is 0 Å². The molecule has 4 fully saturated rings. The molecule has 2 unspecified atom stereocenters. The molecule has 2 saturated heterocycles. The maximum absolute atomic E-state index is 13.1. The SMILES string of the molecule is O=C1N(CC2CCCS2)C(C2CCCC2)NC12CCCC2. The maximum Gasteiger partial charge on any atom is 0.244 e. The Hall–Kier alpha value is -0.220. The van der Waals surface area contributed by atoms with Gasteiger partial charge in [-0.1, -0.05) is 25.7 Å². The molecule has 0 radical (unpaired) electrons. The lowest BCUT2D eigenvalue weighted by atomic mass is 9.97. The number of thioether (sulfide) groups is 1. The summed E-state index contributed by atoms with van der Waals surface area (Å²) >= 11 is 2.09. The van der Waals surface area contributed by atoms with Gasteiger partial charge in [0.25, 0.3) is 0 Å². The smallest absolute Gasteiger partial charge is 0.244 e. The Morgan fingerprint density at radius 1 is 1.10 bits per heavy atom. The van der Waals surface area contributed by atoms with Crippen LogP contribution in [0.2, 0.25) is 0 Å². The Kier molecular flexibility index (Phi) is 3.95. The Labute approximate surface area is 132 Å². The number of nitrogens with one attached hydrogen (secondary N) is 1. The quantitative estimate of drug-likeness (QED) is 0.869. The van der Waals surface area contributed by atoms with Gasteiger partial charge in [0.1, 0.15) is 0 Å². The van der Waals surface area contributed by atoms with Gasteiger partial charge < -0.3 is 4.90 Å². The summed E-state index contributed by atoms with van der Waals surface area (Å²) in [5.41, 5.74) is -0.170. The summed E-state index contributed by atoms with van der Waals surface area (Å²) in [5, 5.41) is 4.54. The van der Waals surface area contributed by atoms with E-state index in [9.17, 15) is 4.79 Å². The van der Waals surface area contributed by atoms with Crippen LogP contribution in [-0.2, 0) is 4.79 Å². The molecule has 21 heavy (non-hydrogen) atoms. The first kappa shape index (κ1) is 14.4. The zero-order valence-electron chi connectivity index (χ0n) is 13.0. The molecule has 2 saturated carbocycles. The minimum Gasteiger partial charge on any atom is -0.324 e. The third-order valence-electron chi connectivity index (χ3n) is 6.16. The zero-order valence-corrected chi connectivity index (χ0v) is 13.8. The van der Waals surface area contributed by atoms with Crippen LogP contribution in [0.5, 0.6) is 0 Å². The van der Waals surface area contributed by atoms with Crippen LogP contribution in [0.3, 0.4) is 0 Å². The molecule has 118 valence electrons. The second-order valence-corrected chi connectivity index (χ2v) is 8.92. The summed E-state index contributed by atoms with van der Waals surface area (Å²) in [6.45, 7) is 0.999. The fraction of sp³-hybridized carbons (Fsp3) is 0.941. The predicted molar refractivity (Wildman–Crippen MR) is 87.3 cm³/mol. The number of rotatable bonds is 3. The molecule has 1 spiro atoms. The number of hydrogen-bond donors (Lipinski definition) is 1. The van der Waals surface area contributed by atoms with Crippen molar-refractivity contribution in [3.8, 4) is 0 Å². The lowest BCUT2D eigenvalue weighted by Gasteiger charge is -2.30. The highest BCUT2D eigenvalue weighted by atomic mass is 32.2. The molecule has 0 aromatic rings. The van der Waals surface area contributed by atoms with Crippen LogP contribution in [0.1, 0.15) is 64.2 Å². The van der Waals surface area contributed by atoms with Gasteiger partial charge in [0.2, 0.25) is 5.91 Å². The first-order chi connectivity index (χ1) is 10.3. The van der Waals surface area contributed by atoms with Crippen molar-refractivity contribution in [3.63, 3.8) is 0 Å². The number of hydrogen-bond acceptors (Lipinski definition) is 3. The van der Waals surface area contributed by atoms with Gasteiger partial charge in [0.05, 0.1) is 11.7 Å². The summed E-state index contributed by atoms with van der Waals surface area (Å²) in [5.74, 6) is 2.45. The molecule has 0 bridgehead atoms. The van der Waals surface area contributed by atoms with Crippen molar-refractivity contribution >= 4 is 17.7 Å². The monoisotopic (exact) mass is 308 g/mol. The number of amides is 1. The molecule has 0 aromatic heterocycles. The summed E-state index contributed by atoms with van der Waals surface area (Å²) in [4.78, 5) is 15.4. The highest BCUT2D eigenvalue weighted by Gasteiger charge is 2.54. The fourth-order valence-corrected chi connectivity index (χ4v) is 6.28. The maximum atomic E-state index is 13.1. The van der Waals surface area contributed by atoms with E-state index in [2.05, 4.69) is 22.0 Å². The van der Waals surface area contributed by atoms with E-state index in [-0.39, 0.29) is 5.54 Å². The normalized spacial score (nSPS) is 36.4. The number of carbonyl (C=O) groups is 1. The summed E-state index contributed by atoms with van der Waals surface area (Å²) in [6.07, 6.45) is 12.9. The van der Waals surface area contributed by atoms with Gasteiger partial charge in [0, 0.05) is 11.8 Å². The van der Waals surface area contributed by atoms with Crippen LogP contribution in [-0.4, -0.2) is 40.1 Å². The molecule has 2 heterocycles. The molecule has 2 aliphatic heterocycles. The average Bonchev–Trinajstić information content (AvgIpc) is 3.26. The fourth-order valence-electron chi connectivity index (χ4n) is 5.01. The van der Waals surface area contributed by atoms with Crippen LogP contribution in [0.15, 0.2) is 0 Å². The van der Waals surface area contributed by atoms with Crippen LogP contribution < -0.4 is 5.32 Å². The van der Waals surface area contributed by atoms with Gasteiger partial charge in [0.15, 0.2) is 0 Å². The molecule has 1 N–H and O–H groups in total. The van der Waals surface area contributed by atoms with E-state index in [1.54, 1.807) is 0 Å². The van der Waals surface area contributed by atoms with Gasteiger partial charge in [-0.15, -0.1) is 0 Å². The van der Waals surface area contributed by atoms with Crippen molar-refractivity contribution in [1.82, 2.24) is 10.2 Å². The molecule has 0 aromatic carbocycles. The standard InChI is InChI=1S/C17H28N2OS/c20-16-17(9-3-4-10-17)18-15(13-6-1-2-7-13)19(16)12-14-8-5-11-21-14/h13-15,18H,1-12H2. The first-order valence-corrected chi connectivity index (χ1v) is 10.0. The predicted octanol–water partition coefficient (Wildman–Crippen LogP) is 3.14. The van der Waals surface area contributed by atoms with E-state index in [0.717, 1.165) is 19.4 Å². The third-order valence-corrected chi connectivity index (χ3v) is 7.54. The first-order valence-electron chi connectivity index (χ1n) is 8.99. The van der Waals surface area contributed by atoms with E-state index in [0.29, 0.717) is 23.2 Å². The molecule has 4 aliphatic rings. The van der Waals surface area contributed by atoms with E-state index < -0.39 is 0 Å². The molecule has 2 atom stereocenters. The molecular weight excluding hydrogens is 280 g/mol. The van der Waals surface area contributed by atoms with E-state index in [1.165, 1.54) is 57.1 Å². The molecular formula is C17H28N2OS. The minimum atomic E-state index is -0.170. The molecule has 2 aliphatic carbocycles. The number of carbonyl (C=O) groups excluding carboxylic acids is 1. The largest absolute Gasteiger partial charge is 0.324 e. The van der Waals surface area contributed by atoms with Crippen LogP contribution >= 0.6 is 11.8 Å². The Balaban J connectivity index is 1.54. The average molecular weight is 308 g/mol. The van der Waals surface area contributed by atoms with Gasteiger partial charge in [-0.3, -0.25) is 10.1 Å². The topological polar surface area (TPSA) is 32.3 Å². The molecule has 1 amide bonds. The second-order valence-electron chi connectivity index (χ2n) is 7.52. The lowest BCUT2D eigenvalue weighted by Crippen LogP contribution is -2.46. The Morgan fingerprint density at radius 3 is 2.52 bits per heavy atom. The van der Waals surface area contributed by atoms with Crippen molar-refractivity contribution in [3.05, 3.63) is 0 Å². The summed E-state index contributed by atoms with van der Waals surface area (Å²) < 4.78 is 0. The van der Waals surface area contributed by atoms with E-state index in [1.807, 2.05) is 0 Å². The lowest BCUT2D eigenvalue weighted by molar-refractivity contribution is -0.133. The van der Waals surface area contributed by atoms with Crippen molar-refractivity contribution < 1.29 is 4.79 Å². The van der Waals surface area contributed by atoms with Crippen molar-refractivity contribution in [2.45, 2.75) is 81.2 Å². The zero-order chi connectivity index (χ0) is 14.3. The Morgan fingerprint density at radius 2 is 1.86 bits per heavy atom. The van der Waals surface area contributed by atoms with Gasteiger partial charge in [-0.2, -0.15) is 11.8 Å². The molecule has 4 heteroatoms. The number of nitrogens with zero attached hydrogens (tertiary/aromatic N) is 1. The van der Waals surface area contributed by atoms with Crippen LogP contribution in [0.25, 0.3) is 0 Å². The van der Waals surface area contributed by atoms with Crippen LogP contribution in [0, 0.1) is 5.92 Å². The van der Waals surface area contributed by atoms with Crippen molar-refractivity contribution in [2.24, 2.45) is 5.92 Å². The Bertz CT molecular complexity index is 396. The van der Waals surface area contributed by atoms with E-state index in [4.69, 9.17) is 0 Å². The minimum absolute atomic E-state index is 0.170. The van der Waals surface area contributed by atoms with Crippen molar-refractivity contribution in [2.75, 3.05) is 12.3 Å². The summed E-state index contributed by atoms with van der Waals surface area (Å²) in [7, 11) is 0. The third kappa shape index (κ3) is 2.52. The van der Waals surface area contributed by atoms with Crippen LogP contribution in [0.4, 0.5) is 0 Å². The highest BCUT2D eigenvalue weighted by molar-refractivity contribution is 8.00. The van der Waals surface area contributed by atoms with Gasteiger partial charge in [-0.05, 0) is 50.2 Å². The second kappa shape index (κ2) is 5.77.